The molecule has 24 heavy (non-hydrogen) atoms. The number of hydrogen-bond acceptors (Lipinski definition) is 4. The first-order chi connectivity index (χ1) is 11.0. The monoisotopic (exact) mass is 364 g/mol. The average Bonchev–Trinajstić information content (AvgIpc) is 2.48. The maximum Gasteiger partial charge on any atom is 0.418 e. The Balaban J connectivity index is 2.47. The van der Waals surface area contributed by atoms with E-state index in [9.17, 15) is 36.1 Å². The van der Waals surface area contributed by atoms with Crippen LogP contribution in [0.25, 0.3) is 0 Å². The van der Waals surface area contributed by atoms with Crippen molar-refractivity contribution in [1.82, 2.24) is 0 Å². The van der Waals surface area contributed by atoms with Crippen LogP contribution in [0.1, 0.15) is 5.56 Å². The molecule has 0 aliphatic carbocycles. The van der Waals surface area contributed by atoms with Crippen LogP contribution in [-0.2, 0) is 16.2 Å². The third kappa shape index (κ3) is 3.79. The van der Waals surface area contributed by atoms with Gasteiger partial charge in [0.2, 0.25) is 0 Å². The van der Waals surface area contributed by atoms with E-state index in [1.807, 2.05) is 0 Å². The Hall–Kier alpha value is -2.69. The van der Waals surface area contributed by atoms with E-state index in [1.165, 1.54) is 0 Å². The molecule has 0 fully saturated rings. The molecule has 0 saturated heterocycles. The molecule has 0 aromatic heterocycles. The molecule has 0 radical (unpaired) electrons. The molecule has 2 rings (SSSR count). The van der Waals surface area contributed by atoms with Gasteiger partial charge in [0, 0.05) is 12.1 Å². The summed E-state index contributed by atoms with van der Waals surface area (Å²) in [5, 5.41) is 10.7. The summed E-state index contributed by atoms with van der Waals surface area (Å²) in [6.07, 6.45) is -5.00. The van der Waals surface area contributed by atoms with Crippen molar-refractivity contribution in [3.05, 3.63) is 64.0 Å². The number of non-ortho nitro benzene ring substituents is 1. The van der Waals surface area contributed by atoms with Crippen LogP contribution in [0.4, 0.5) is 28.9 Å². The minimum atomic E-state index is -5.00. The SMILES string of the molecule is O=[N+]([O-])c1cccc(S(=O)(=O)Nc2ccc(F)cc2C(F)(F)F)c1. The van der Waals surface area contributed by atoms with Crippen molar-refractivity contribution in [2.24, 2.45) is 0 Å². The van der Waals surface area contributed by atoms with Gasteiger partial charge < -0.3 is 0 Å². The molecule has 2 aromatic carbocycles. The number of anilines is 1. The largest absolute Gasteiger partial charge is 0.418 e. The molecule has 2 aromatic rings. The lowest BCUT2D eigenvalue weighted by molar-refractivity contribution is -0.385. The predicted octanol–water partition coefficient (Wildman–Crippen LogP) is 3.55. The Bertz CT molecular complexity index is 897. The van der Waals surface area contributed by atoms with Crippen LogP contribution >= 0.6 is 0 Å². The summed E-state index contributed by atoms with van der Waals surface area (Å²) in [5.41, 5.74) is -2.96. The lowest BCUT2D eigenvalue weighted by Crippen LogP contribution is -2.17. The van der Waals surface area contributed by atoms with Gasteiger partial charge in [-0.2, -0.15) is 13.2 Å². The summed E-state index contributed by atoms with van der Waals surface area (Å²) >= 11 is 0. The fourth-order valence-corrected chi connectivity index (χ4v) is 2.93. The Morgan fingerprint density at radius 2 is 1.75 bits per heavy atom. The molecule has 0 aliphatic rings. The number of nitro benzene ring substituents is 1. The predicted molar refractivity (Wildman–Crippen MR) is 75.3 cm³/mol. The number of halogens is 4. The van der Waals surface area contributed by atoms with Gasteiger partial charge >= 0.3 is 6.18 Å². The lowest BCUT2D eigenvalue weighted by Gasteiger charge is -2.14. The van der Waals surface area contributed by atoms with Crippen molar-refractivity contribution in [2.75, 3.05) is 4.72 Å². The minimum absolute atomic E-state index is 0.144. The van der Waals surface area contributed by atoms with Crippen LogP contribution in [0.2, 0.25) is 0 Å². The topological polar surface area (TPSA) is 89.3 Å². The van der Waals surface area contributed by atoms with Gasteiger partial charge in [-0.1, -0.05) is 6.07 Å². The second kappa shape index (κ2) is 6.07. The van der Waals surface area contributed by atoms with Gasteiger partial charge in [0.05, 0.1) is 21.1 Å². The molecule has 0 saturated carbocycles. The number of alkyl halides is 3. The quantitative estimate of drug-likeness (QED) is 0.510. The number of benzene rings is 2. The Morgan fingerprint density at radius 3 is 2.33 bits per heavy atom. The molecular weight excluding hydrogens is 356 g/mol. The molecule has 0 aliphatic heterocycles. The van der Waals surface area contributed by atoms with E-state index < -0.39 is 48.8 Å². The van der Waals surface area contributed by atoms with Crippen molar-refractivity contribution < 1.29 is 30.9 Å². The molecular formula is C13H8F4N2O4S. The van der Waals surface area contributed by atoms with E-state index in [0.717, 1.165) is 18.2 Å². The van der Waals surface area contributed by atoms with Crippen molar-refractivity contribution in [3.63, 3.8) is 0 Å². The number of nitrogens with one attached hydrogen (secondary N) is 1. The third-order valence-electron chi connectivity index (χ3n) is 2.87. The number of nitrogens with zero attached hydrogens (tertiary/aromatic N) is 1. The van der Waals surface area contributed by atoms with E-state index in [-0.39, 0.29) is 6.07 Å². The Morgan fingerprint density at radius 1 is 1.08 bits per heavy atom. The summed E-state index contributed by atoms with van der Waals surface area (Å²) in [5.74, 6) is -1.19. The van der Waals surface area contributed by atoms with Gasteiger partial charge in [0.15, 0.2) is 0 Å². The van der Waals surface area contributed by atoms with E-state index in [1.54, 1.807) is 4.72 Å². The zero-order valence-corrected chi connectivity index (χ0v) is 12.4. The molecule has 128 valence electrons. The maximum atomic E-state index is 13.0. The number of sulfonamides is 1. The van der Waals surface area contributed by atoms with Crippen molar-refractivity contribution in [1.29, 1.82) is 0 Å². The summed E-state index contributed by atoms with van der Waals surface area (Å²) in [7, 11) is -4.54. The first-order valence-electron chi connectivity index (χ1n) is 6.15. The zero-order chi connectivity index (χ0) is 18.1. The smallest absolute Gasteiger partial charge is 0.279 e. The number of rotatable bonds is 4. The third-order valence-corrected chi connectivity index (χ3v) is 4.23. The lowest BCUT2D eigenvalue weighted by atomic mass is 10.2. The molecule has 0 amide bonds. The van der Waals surface area contributed by atoms with Crippen molar-refractivity contribution >= 4 is 21.4 Å². The fourth-order valence-electron chi connectivity index (χ4n) is 1.81. The van der Waals surface area contributed by atoms with Crippen LogP contribution < -0.4 is 4.72 Å². The first kappa shape index (κ1) is 17.7. The van der Waals surface area contributed by atoms with Gasteiger partial charge in [0.25, 0.3) is 15.7 Å². The van der Waals surface area contributed by atoms with Crippen LogP contribution in [0, 0.1) is 15.9 Å². The highest BCUT2D eigenvalue weighted by atomic mass is 32.2. The molecule has 1 N–H and O–H groups in total. The highest BCUT2D eigenvalue weighted by Crippen LogP contribution is 2.36. The van der Waals surface area contributed by atoms with Gasteiger partial charge in [0.1, 0.15) is 5.82 Å². The van der Waals surface area contributed by atoms with Crippen LogP contribution in [-0.4, -0.2) is 13.3 Å². The number of hydrogen-bond donors (Lipinski definition) is 1. The molecule has 0 unspecified atom stereocenters. The second-order valence-corrected chi connectivity index (χ2v) is 6.23. The zero-order valence-electron chi connectivity index (χ0n) is 11.5. The van der Waals surface area contributed by atoms with Crippen molar-refractivity contribution in [2.45, 2.75) is 11.1 Å². The molecule has 0 heterocycles. The standard InChI is InChI=1S/C13H8F4N2O4S/c14-8-4-5-12(11(6-8)13(15,16)17)18-24(22,23)10-3-1-2-9(7-10)19(20)21/h1-7,18H. The van der Waals surface area contributed by atoms with E-state index in [0.29, 0.717) is 18.2 Å². The van der Waals surface area contributed by atoms with Gasteiger partial charge in [-0.15, -0.1) is 0 Å². The minimum Gasteiger partial charge on any atom is -0.279 e. The first-order valence-corrected chi connectivity index (χ1v) is 7.63. The highest BCUT2D eigenvalue weighted by molar-refractivity contribution is 7.92. The van der Waals surface area contributed by atoms with Crippen molar-refractivity contribution in [3.8, 4) is 0 Å². The fraction of sp³-hybridized carbons (Fsp3) is 0.0769. The number of nitro groups is 1. The molecule has 0 spiro atoms. The summed E-state index contributed by atoms with van der Waals surface area (Å²) in [6, 6.07) is 5.18. The Kier molecular flexibility index (Phi) is 4.47. The molecule has 6 nitrogen and oxygen atoms in total. The van der Waals surface area contributed by atoms with Gasteiger partial charge in [-0.25, -0.2) is 12.8 Å². The summed E-state index contributed by atoms with van der Waals surface area (Å²) in [6.45, 7) is 0. The van der Waals surface area contributed by atoms with Crippen LogP contribution in [0.3, 0.4) is 0 Å². The Labute approximate surface area is 132 Å². The van der Waals surface area contributed by atoms with E-state index in [4.69, 9.17) is 0 Å². The van der Waals surface area contributed by atoms with E-state index >= 15 is 0 Å². The average molecular weight is 364 g/mol. The van der Waals surface area contributed by atoms with Gasteiger partial charge in [-0.05, 0) is 24.3 Å². The van der Waals surface area contributed by atoms with Crippen LogP contribution in [0.5, 0.6) is 0 Å². The maximum absolute atomic E-state index is 13.0. The highest BCUT2D eigenvalue weighted by Gasteiger charge is 2.35. The van der Waals surface area contributed by atoms with Gasteiger partial charge in [-0.3, -0.25) is 14.8 Å². The molecule has 11 heteroatoms. The second-order valence-electron chi connectivity index (χ2n) is 4.55. The summed E-state index contributed by atoms with van der Waals surface area (Å²) in [4.78, 5) is 9.21. The summed E-state index contributed by atoms with van der Waals surface area (Å²) < 4.78 is 77.6. The van der Waals surface area contributed by atoms with Crippen LogP contribution in [0.15, 0.2) is 47.4 Å². The normalized spacial score (nSPS) is 12.0. The molecule has 0 atom stereocenters. The molecule has 0 bridgehead atoms. The van der Waals surface area contributed by atoms with E-state index in [2.05, 4.69) is 0 Å².